The Morgan fingerprint density at radius 2 is 2.12 bits per heavy atom. The van der Waals surface area contributed by atoms with Crippen LogP contribution < -0.4 is 10.1 Å². The first-order chi connectivity index (χ1) is 8.19. The Morgan fingerprint density at radius 3 is 2.76 bits per heavy atom. The minimum atomic E-state index is 0.255. The molecule has 1 aromatic rings. The molecule has 0 saturated heterocycles. The highest BCUT2D eigenvalue weighted by Gasteiger charge is 2.08. The Balaban J connectivity index is 2.61. The van der Waals surface area contributed by atoms with Crippen molar-refractivity contribution in [1.82, 2.24) is 5.32 Å². The van der Waals surface area contributed by atoms with Crippen molar-refractivity contribution in [3.8, 4) is 11.5 Å². The van der Waals surface area contributed by atoms with E-state index in [9.17, 15) is 5.11 Å². The van der Waals surface area contributed by atoms with E-state index in [0.29, 0.717) is 24.9 Å². The second-order valence-electron chi connectivity index (χ2n) is 4.27. The van der Waals surface area contributed by atoms with Crippen molar-refractivity contribution in [2.75, 3.05) is 6.61 Å². The second kappa shape index (κ2) is 7.17. The number of hydrogen-bond acceptors (Lipinski definition) is 3. The fourth-order valence-electron chi connectivity index (χ4n) is 1.80. The first-order valence-electron chi connectivity index (χ1n) is 6.36. The normalized spacial score (nSPS) is 12.4. The van der Waals surface area contributed by atoms with Crippen LogP contribution in [-0.4, -0.2) is 17.8 Å². The summed E-state index contributed by atoms with van der Waals surface area (Å²) in [6.07, 6.45) is 2.31. The molecule has 0 amide bonds. The summed E-state index contributed by atoms with van der Waals surface area (Å²) in [4.78, 5) is 0. The highest BCUT2D eigenvalue weighted by Crippen LogP contribution is 2.29. The van der Waals surface area contributed by atoms with Gasteiger partial charge in [-0.1, -0.05) is 25.5 Å². The van der Waals surface area contributed by atoms with E-state index in [4.69, 9.17) is 4.74 Å². The van der Waals surface area contributed by atoms with Crippen molar-refractivity contribution < 1.29 is 9.84 Å². The van der Waals surface area contributed by atoms with Crippen molar-refractivity contribution in [2.45, 2.75) is 46.2 Å². The van der Waals surface area contributed by atoms with Gasteiger partial charge >= 0.3 is 0 Å². The maximum absolute atomic E-state index is 10.00. The Labute approximate surface area is 104 Å². The second-order valence-corrected chi connectivity index (χ2v) is 4.27. The summed E-state index contributed by atoms with van der Waals surface area (Å²) in [6, 6.07) is 6.09. The average molecular weight is 237 g/mol. The molecule has 0 fully saturated rings. The number of ether oxygens (including phenoxy) is 1. The topological polar surface area (TPSA) is 41.5 Å². The van der Waals surface area contributed by atoms with Gasteiger partial charge in [0.2, 0.25) is 0 Å². The lowest BCUT2D eigenvalue weighted by Gasteiger charge is -2.14. The maximum Gasteiger partial charge on any atom is 0.162 e. The van der Waals surface area contributed by atoms with Gasteiger partial charge in [0.25, 0.3) is 0 Å². The van der Waals surface area contributed by atoms with Crippen molar-refractivity contribution in [3.05, 3.63) is 23.8 Å². The molecule has 1 atom stereocenters. The van der Waals surface area contributed by atoms with Gasteiger partial charge in [-0.3, -0.25) is 0 Å². The number of phenols is 1. The third-order valence-electron chi connectivity index (χ3n) is 2.75. The van der Waals surface area contributed by atoms with Crippen LogP contribution in [0.4, 0.5) is 0 Å². The molecule has 17 heavy (non-hydrogen) atoms. The monoisotopic (exact) mass is 237 g/mol. The van der Waals surface area contributed by atoms with Crippen LogP contribution in [0.25, 0.3) is 0 Å². The molecule has 96 valence electrons. The molecule has 0 aliphatic carbocycles. The predicted molar refractivity (Wildman–Crippen MR) is 70.5 cm³/mol. The molecule has 0 aliphatic heterocycles. The zero-order valence-electron chi connectivity index (χ0n) is 11.0. The number of phenolic OH excluding ortho intramolecular Hbond substituents is 1. The van der Waals surface area contributed by atoms with Gasteiger partial charge < -0.3 is 15.2 Å². The molecule has 0 heterocycles. The third-order valence-corrected chi connectivity index (χ3v) is 2.75. The van der Waals surface area contributed by atoms with Crippen LogP contribution in [0.5, 0.6) is 11.5 Å². The Hall–Kier alpha value is -1.22. The molecule has 0 aromatic heterocycles. The van der Waals surface area contributed by atoms with E-state index >= 15 is 0 Å². The fraction of sp³-hybridized carbons (Fsp3) is 0.571. The Kier molecular flexibility index (Phi) is 5.84. The fourth-order valence-corrected chi connectivity index (χ4v) is 1.80. The van der Waals surface area contributed by atoms with E-state index < -0.39 is 0 Å². The zero-order valence-corrected chi connectivity index (χ0v) is 11.0. The maximum atomic E-state index is 10.00. The summed E-state index contributed by atoms with van der Waals surface area (Å²) < 4.78 is 5.35. The Morgan fingerprint density at radius 1 is 1.35 bits per heavy atom. The number of hydrogen-bond donors (Lipinski definition) is 2. The molecule has 1 unspecified atom stereocenters. The highest BCUT2D eigenvalue weighted by atomic mass is 16.5. The van der Waals surface area contributed by atoms with E-state index in [1.54, 1.807) is 6.07 Å². The molecule has 0 saturated carbocycles. The van der Waals surface area contributed by atoms with E-state index in [2.05, 4.69) is 19.2 Å². The Bertz CT molecular complexity index is 339. The SMILES string of the molecule is CCCC(C)NCc1cccc(OCC)c1O. The largest absolute Gasteiger partial charge is 0.504 e. The standard InChI is InChI=1S/C14H23NO2/c1-4-7-11(3)15-10-12-8-6-9-13(14(12)16)17-5-2/h6,8-9,11,15-16H,4-5,7,10H2,1-3H3. The van der Waals surface area contributed by atoms with E-state index in [-0.39, 0.29) is 5.75 Å². The summed E-state index contributed by atoms with van der Waals surface area (Å²) in [5.74, 6) is 0.820. The van der Waals surface area contributed by atoms with Gasteiger partial charge in [0.15, 0.2) is 11.5 Å². The van der Waals surface area contributed by atoms with Crippen LogP contribution >= 0.6 is 0 Å². The van der Waals surface area contributed by atoms with E-state index in [1.165, 1.54) is 6.42 Å². The van der Waals surface area contributed by atoms with Crippen LogP contribution in [0, 0.1) is 0 Å². The molecular formula is C14H23NO2. The first kappa shape index (κ1) is 13.8. The molecule has 1 aromatic carbocycles. The van der Waals surface area contributed by atoms with E-state index in [0.717, 1.165) is 12.0 Å². The number of para-hydroxylation sites is 1. The molecular weight excluding hydrogens is 214 g/mol. The summed E-state index contributed by atoms with van der Waals surface area (Å²) in [7, 11) is 0. The summed E-state index contributed by atoms with van der Waals surface area (Å²) >= 11 is 0. The van der Waals surface area contributed by atoms with Gasteiger partial charge in [-0.2, -0.15) is 0 Å². The van der Waals surface area contributed by atoms with Crippen molar-refractivity contribution in [3.63, 3.8) is 0 Å². The van der Waals surface area contributed by atoms with E-state index in [1.807, 2.05) is 19.1 Å². The number of nitrogens with one attached hydrogen (secondary N) is 1. The quantitative estimate of drug-likeness (QED) is 0.765. The lowest BCUT2D eigenvalue weighted by molar-refractivity contribution is 0.316. The van der Waals surface area contributed by atoms with Gasteiger partial charge in [-0.15, -0.1) is 0 Å². The molecule has 2 N–H and O–H groups in total. The summed E-state index contributed by atoms with van der Waals surface area (Å²) in [5, 5.41) is 13.4. The van der Waals surface area contributed by atoms with Crippen molar-refractivity contribution >= 4 is 0 Å². The van der Waals surface area contributed by atoms with Gasteiger partial charge in [0, 0.05) is 18.2 Å². The molecule has 3 nitrogen and oxygen atoms in total. The third kappa shape index (κ3) is 4.27. The number of benzene rings is 1. The van der Waals surface area contributed by atoms with Gasteiger partial charge in [-0.25, -0.2) is 0 Å². The van der Waals surface area contributed by atoms with Gasteiger partial charge in [-0.05, 0) is 26.3 Å². The minimum Gasteiger partial charge on any atom is -0.504 e. The van der Waals surface area contributed by atoms with Crippen LogP contribution in [0.15, 0.2) is 18.2 Å². The minimum absolute atomic E-state index is 0.255. The van der Waals surface area contributed by atoms with Crippen molar-refractivity contribution in [2.24, 2.45) is 0 Å². The van der Waals surface area contributed by atoms with Gasteiger partial charge in [0.05, 0.1) is 6.61 Å². The van der Waals surface area contributed by atoms with Crippen LogP contribution in [0.2, 0.25) is 0 Å². The lowest BCUT2D eigenvalue weighted by atomic mass is 10.1. The lowest BCUT2D eigenvalue weighted by Crippen LogP contribution is -2.25. The molecule has 0 aliphatic rings. The molecule has 1 rings (SSSR count). The summed E-state index contributed by atoms with van der Waals surface area (Å²) in [5.41, 5.74) is 0.888. The van der Waals surface area contributed by atoms with Gasteiger partial charge in [0.1, 0.15) is 0 Å². The highest BCUT2D eigenvalue weighted by molar-refractivity contribution is 5.45. The molecule has 0 bridgehead atoms. The zero-order chi connectivity index (χ0) is 12.7. The molecule has 0 spiro atoms. The molecule has 0 radical (unpaired) electrons. The van der Waals surface area contributed by atoms with Crippen molar-refractivity contribution in [1.29, 1.82) is 0 Å². The smallest absolute Gasteiger partial charge is 0.162 e. The van der Waals surface area contributed by atoms with Crippen LogP contribution in [-0.2, 0) is 6.54 Å². The average Bonchev–Trinajstić information content (AvgIpc) is 2.31. The van der Waals surface area contributed by atoms with Crippen LogP contribution in [0.1, 0.15) is 39.2 Å². The molecule has 3 heteroatoms. The first-order valence-corrected chi connectivity index (χ1v) is 6.36. The predicted octanol–water partition coefficient (Wildman–Crippen LogP) is 3.07. The number of rotatable bonds is 7. The number of aromatic hydroxyl groups is 1. The summed E-state index contributed by atoms with van der Waals surface area (Å²) in [6.45, 7) is 7.48. The van der Waals surface area contributed by atoms with Crippen LogP contribution in [0.3, 0.4) is 0 Å².